The molecule has 5 rings (SSSR count). The summed E-state index contributed by atoms with van der Waals surface area (Å²) >= 11 is 0. The highest BCUT2D eigenvalue weighted by Gasteiger charge is 2.22. The number of hydrogen-bond acceptors (Lipinski definition) is 9. The maximum atomic E-state index is 13.2. The molecule has 0 aliphatic heterocycles. The first-order valence-corrected chi connectivity index (χ1v) is 14.3. The van der Waals surface area contributed by atoms with E-state index in [0.717, 1.165) is 22.0 Å². The van der Waals surface area contributed by atoms with Crippen LogP contribution in [-0.2, 0) is 19.1 Å². The molecule has 0 bridgehead atoms. The summed E-state index contributed by atoms with van der Waals surface area (Å²) in [5, 5.41) is 14.5. The van der Waals surface area contributed by atoms with Gasteiger partial charge < -0.3 is 29.7 Å². The highest BCUT2D eigenvalue weighted by molar-refractivity contribution is 5.97. The zero-order valence-corrected chi connectivity index (χ0v) is 24.7. The van der Waals surface area contributed by atoms with Gasteiger partial charge in [0.15, 0.2) is 12.4 Å². The number of para-hydroxylation sites is 2. The molecule has 12 nitrogen and oxygen atoms in total. The maximum Gasteiger partial charge on any atom is 0.257 e. The normalized spacial score (nSPS) is 11.0. The van der Waals surface area contributed by atoms with Crippen molar-refractivity contribution in [3.05, 3.63) is 72.9 Å². The number of amides is 2. The number of carbonyl (C=O) groups excluding carboxylic acids is 2. The molecular formula is C32H35N7O5. The highest BCUT2D eigenvalue weighted by atomic mass is 16.5. The van der Waals surface area contributed by atoms with E-state index in [2.05, 4.69) is 20.8 Å². The summed E-state index contributed by atoms with van der Waals surface area (Å²) < 4.78 is 16.1. The van der Waals surface area contributed by atoms with E-state index in [0.29, 0.717) is 61.2 Å². The molecule has 0 atom stereocenters. The third-order valence-electron chi connectivity index (χ3n) is 6.84. The lowest BCUT2D eigenvalue weighted by Gasteiger charge is -2.25. The Kier molecular flexibility index (Phi) is 10.3. The second kappa shape index (κ2) is 14.9. The Bertz CT molecular complexity index is 1720. The molecule has 0 aliphatic carbocycles. The van der Waals surface area contributed by atoms with Gasteiger partial charge in [0, 0.05) is 50.4 Å². The minimum absolute atomic E-state index is 0.00505. The Balaban J connectivity index is 1.52. The molecule has 2 aromatic heterocycles. The number of benzene rings is 3. The summed E-state index contributed by atoms with van der Waals surface area (Å²) in [6.07, 6.45) is 2.45. The number of aromatic amines is 1. The summed E-state index contributed by atoms with van der Waals surface area (Å²) in [5.74, 6) is 0.963. The van der Waals surface area contributed by atoms with E-state index in [-0.39, 0.29) is 25.0 Å². The Morgan fingerprint density at radius 1 is 0.886 bits per heavy atom. The second-order valence-corrected chi connectivity index (χ2v) is 9.94. The number of hydrogen-bond donors (Lipinski definition) is 3. The predicted molar refractivity (Wildman–Crippen MR) is 168 cm³/mol. The summed E-state index contributed by atoms with van der Waals surface area (Å²) in [7, 11) is 3.21. The first-order chi connectivity index (χ1) is 21.6. The second-order valence-electron chi connectivity index (χ2n) is 9.94. The van der Waals surface area contributed by atoms with Crippen molar-refractivity contribution >= 4 is 45.1 Å². The first kappa shape index (κ1) is 30.4. The fraction of sp³-hybridized carbons (Fsp3) is 0.281. The molecule has 3 aromatic carbocycles. The third-order valence-corrected chi connectivity index (χ3v) is 6.84. The van der Waals surface area contributed by atoms with Gasteiger partial charge in [-0.15, -0.1) is 0 Å². The van der Waals surface area contributed by atoms with Gasteiger partial charge in [0.1, 0.15) is 18.1 Å². The van der Waals surface area contributed by atoms with Gasteiger partial charge >= 0.3 is 0 Å². The van der Waals surface area contributed by atoms with Crippen molar-refractivity contribution in [2.75, 3.05) is 58.6 Å². The van der Waals surface area contributed by atoms with E-state index < -0.39 is 0 Å². The molecule has 0 saturated heterocycles. The van der Waals surface area contributed by atoms with Crippen LogP contribution in [-0.4, -0.2) is 85.7 Å². The van der Waals surface area contributed by atoms with Crippen molar-refractivity contribution in [3.8, 4) is 17.1 Å². The van der Waals surface area contributed by atoms with Gasteiger partial charge in [0.25, 0.3) is 5.91 Å². The Morgan fingerprint density at radius 3 is 2.55 bits per heavy atom. The minimum atomic E-state index is -0.240. The van der Waals surface area contributed by atoms with E-state index in [1.807, 2.05) is 65.6 Å². The standard InChI is InChI=1S/C32H35N7O5/c1-42-16-7-14-33-30(41)21-44-28-11-6-4-9-25(28)31-36-27-10-5-3-8-24(27)32(37-31)39(20-29(40)34-15-17-43-2)23-12-13-26-22(18-23)19-35-38-26/h3-6,8-13,18-19H,7,14-17,20-21H2,1-2H3,(H,33,41)(H,34,40)(H,35,38). The molecule has 2 heterocycles. The number of methoxy groups -OCH3 is 2. The van der Waals surface area contributed by atoms with Gasteiger partial charge in [-0.1, -0.05) is 24.3 Å². The van der Waals surface area contributed by atoms with Gasteiger partial charge in [-0.25, -0.2) is 9.97 Å². The van der Waals surface area contributed by atoms with Crippen molar-refractivity contribution in [2.24, 2.45) is 0 Å². The van der Waals surface area contributed by atoms with Crippen LogP contribution in [0.4, 0.5) is 11.5 Å². The highest BCUT2D eigenvalue weighted by Crippen LogP contribution is 2.35. The van der Waals surface area contributed by atoms with E-state index in [1.54, 1.807) is 26.5 Å². The lowest BCUT2D eigenvalue weighted by atomic mass is 10.1. The Hall–Kier alpha value is -5.07. The number of rotatable bonds is 15. The largest absolute Gasteiger partial charge is 0.483 e. The lowest BCUT2D eigenvalue weighted by molar-refractivity contribution is -0.123. The van der Waals surface area contributed by atoms with Crippen molar-refractivity contribution in [1.82, 2.24) is 30.8 Å². The van der Waals surface area contributed by atoms with Crippen molar-refractivity contribution < 1.29 is 23.8 Å². The van der Waals surface area contributed by atoms with Crippen molar-refractivity contribution in [1.29, 1.82) is 0 Å². The van der Waals surface area contributed by atoms with Gasteiger partial charge in [-0.05, 0) is 48.9 Å². The van der Waals surface area contributed by atoms with Crippen LogP contribution in [0.5, 0.6) is 5.75 Å². The predicted octanol–water partition coefficient (Wildman–Crippen LogP) is 3.61. The number of nitrogens with one attached hydrogen (secondary N) is 3. The number of ether oxygens (including phenoxy) is 3. The molecule has 2 amide bonds. The molecule has 12 heteroatoms. The van der Waals surface area contributed by atoms with E-state index in [9.17, 15) is 9.59 Å². The average molecular weight is 598 g/mol. The first-order valence-electron chi connectivity index (χ1n) is 14.3. The van der Waals surface area contributed by atoms with E-state index >= 15 is 0 Å². The van der Waals surface area contributed by atoms with Crippen LogP contribution in [0.2, 0.25) is 0 Å². The molecule has 44 heavy (non-hydrogen) atoms. The third kappa shape index (κ3) is 7.46. The van der Waals surface area contributed by atoms with Gasteiger partial charge in [-0.2, -0.15) is 5.10 Å². The monoisotopic (exact) mass is 597 g/mol. The summed E-state index contributed by atoms with van der Waals surface area (Å²) in [6, 6.07) is 20.7. The number of carbonyl (C=O) groups is 2. The number of anilines is 2. The Morgan fingerprint density at radius 2 is 1.68 bits per heavy atom. The SMILES string of the molecule is COCCCNC(=O)COc1ccccc1-c1nc(N(CC(=O)NCCOC)c2ccc3[nH]ncc3c2)c2ccccc2n1. The summed E-state index contributed by atoms with van der Waals surface area (Å²) in [5.41, 5.74) is 2.93. The van der Waals surface area contributed by atoms with Crippen molar-refractivity contribution in [3.63, 3.8) is 0 Å². The van der Waals surface area contributed by atoms with Crippen LogP contribution in [0, 0.1) is 0 Å². The van der Waals surface area contributed by atoms with Gasteiger partial charge in [-0.3, -0.25) is 14.7 Å². The molecule has 3 N–H and O–H groups in total. The molecule has 0 radical (unpaired) electrons. The molecule has 5 aromatic rings. The van der Waals surface area contributed by atoms with Crippen LogP contribution in [0.25, 0.3) is 33.2 Å². The Labute approximate surface area is 254 Å². The molecule has 0 saturated carbocycles. The number of nitrogens with zero attached hydrogens (tertiary/aromatic N) is 4. The fourth-order valence-corrected chi connectivity index (χ4v) is 4.68. The van der Waals surface area contributed by atoms with Crippen LogP contribution in [0.3, 0.4) is 0 Å². The van der Waals surface area contributed by atoms with E-state index in [4.69, 9.17) is 24.2 Å². The number of aromatic nitrogens is 4. The molecule has 0 aliphatic rings. The van der Waals surface area contributed by atoms with Gasteiger partial charge in [0.05, 0.1) is 29.4 Å². The number of fused-ring (bicyclic) bond motifs is 2. The van der Waals surface area contributed by atoms with Crippen LogP contribution >= 0.6 is 0 Å². The van der Waals surface area contributed by atoms with Crippen LogP contribution in [0.15, 0.2) is 72.9 Å². The lowest BCUT2D eigenvalue weighted by Crippen LogP contribution is -2.37. The molecule has 0 unspecified atom stereocenters. The van der Waals surface area contributed by atoms with Crippen molar-refractivity contribution in [2.45, 2.75) is 6.42 Å². The zero-order valence-electron chi connectivity index (χ0n) is 24.7. The average Bonchev–Trinajstić information content (AvgIpc) is 3.53. The topological polar surface area (TPSA) is 144 Å². The summed E-state index contributed by atoms with van der Waals surface area (Å²) in [4.78, 5) is 37.3. The quantitative estimate of drug-likeness (QED) is 0.154. The van der Waals surface area contributed by atoms with Gasteiger partial charge in [0.2, 0.25) is 5.91 Å². The molecule has 0 fully saturated rings. The van der Waals surface area contributed by atoms with Crippen LogP contribution < -0.4 is 20.3 Å². The van der Waals surface area contributed by atoms with E-state index in [1.165, 1.54) is 0 Å². The molecular weight excluding hydrogens is 562 g/mol. The zero-order chi connectivity index (χ0) is 30.7. The maximum absolute atomic E-state index is 13.2. The summed E-state index contributed by atoms with van der Waals surface area (Å²) in [6.45, 7) is 1.67. The van der Waals surface area contributed by atoms with Crippen LogP contribution in [0.1, 0.15) is 6.42 Å². The minimum Gasteiger partial charge on any atom is -0.483 e. The number of H-pyrrole nitrogens is 1. The molecule has 0 spiro atoms. The smallest absolute Gasteiger partial charge is 0.257 e. The molecule has 228 valence electrons. The fourth-order valence-electron chi connectivity index (χ4n) is 4.68.